The van der Waals surface area contributed by atoms with Gasteiger partial charge in [0.1, 0.15) is 11.4 Å². The molecule has 1 saturated carbocycles. The number of hydrogen-bond acceptors (Lipinski definition) is 4. The van der Waals surface area contributed by atoms with Gasteiger partial charge in [0.2, 0.25) is 0 Å². The van der Waals surface area contributed by atoms with Crippen LogP contribution in [0.25, 0.3) is 0 Å². The topological polar surface area (TPSA) is 76.1 Å². The van der Waals surface area contributed by atoms with E-state index < -0.39 is 11.6 Å². The molecular weight excluding hydrogens is 394 g/mol. The molecule has 0 atom stereocenters. The number of carbonyl (C=O) groups is 2. The standard InChI is InChI=1S/C25H31NO5/c1-25(2,3)31-24(29)26(17-18-9-11-19(12-10-18)23(27)28)20-13-15-22(16-14-20)30-21-7-5-4-6-8-21/h4-12,20,22H,13-17H2,1-3H3,(H,27,28). The van der Waals surface area contributed by atoms with Gasteiger partial charge in [-0.2, -0.15) is 0 Å². The first-order valence-electron chi connectivity index (χ1n) is 10.7. The SMILES string of the molecule is CC(C)(C)OC(=O)N(Cc1ccc(C(=O)O)cc1)C1CCC(Oc2ccccc2)CC1. The smallest absolute Gasteiger partial charge is 0.410 e. The highest BCUT2D eigenvalue weighted by atomic mass is 16.6. The van der Waals surface area contributed by atoms with E-state index in [1.165, 1.54) is 0 Å². The van der Waals surface area contributed by atoms with E-state index in [9.17, 15) is 9.59 Å². The van der Waals surface area contributed by atoms with Crippen molar-refractivity contribution in [2.24, 2.45) is 0 Å². The number of carbonyl (C=O) groups excluding carboxylic acids is 1. The summed E-state index contributed by atoms with van der Waals surface area (Å²) in [5.74, 6) is -0.0965. The van der Waals surface area contributed by atoms with Crippen LogP contribution in [0.3, 0.4) is 0 Å². The van der Waals surface area contributed by atoms with E-state index >= 15 is 0 Å². The highest BCUT2D eigenvalue weighted by Crippen LogP contribution is 2.29. The van der Waals surface area contributed by atoms with Crippen molar-refractivity contribution in [1.82, 2.24) is 4.90 Å². The predicted octanol–water partition coefficient (Wildman–Crippen LogP) is 5.51. The summed E-state index contributed by atoms with van der Waals surface area (Å²) < 4.78 is 11.8. The van der Waals surface area contributed by atoms with Gasteiger partial charge in [0, 0.05) is 12.6 Å². The number of ether oxygens (including phenoxy) is 2. The minimum absolute atomic E-state index is 0.0459. The maximum Gasteiger partial charge on any atom is 0.410 e. The van der Waals surface area contributed by atoms with Crippen LogP contribution in [0.15, 0.2) is 54.6 Å². The van der Waals surface area contributed by atoms with Gasteiger partial charge in [-0.3, -0.25) is 0 Å². The molecule has 1 aliphatic carbocycles. The lowest BCUT2D eigenvalue weighted by Gasteiger charge is -2.37. The second kappa shape index (κ2) is 9.86. The van der Waals surface area contributed by atoms with Gasteiger partial charge in [0.15, 0.2) is 0 Å². The third kappa shape index (κ3) is 6.74. The molecule has 0 aliphatic heterocycles. The molecule has 2 aromatic carbocycles. The Balaban J connectivity index is 1.67. The Morgan fingerprint density at radius 1 is 0.968 bits per heavy atom. The fourth-order valence-corrected chi connectivity index (χ4v) is 3.78. The molecule has 6 heteroatoms. The highest BCUT2D eigenvalue weighted by Gasteiger charge is 2.32. The van der Waals surface area contributed by atoms with Crippen LogP contribution in [0, 0.1) is 0 Å². The van der Waals surface area contributed by atoms with Crippen LogP contribution >= 0.6 is 0 Å². The van der Waals surface area contributed by atoms with E-state index in [0.717, 1.165) is 37.0 Å². The summed E-state index contributed by atoms with van der Waals surface area (Å²) in [6.45, 7) is 5.95. The minimum Gasteiger partial charge on any atom is -0.490 e. The molecule has 6 nitrogen and oxygen atoms in total. The van der Waals surface area contributed by atoms with Gasteiger partial charge in [0.05, 0.1) is 11.7 Å². The van der Waals surface area contributed by atoms with Crippen molar-refractivity contribution in [3.05, 3.63) is 65.7 Å². The van der Waals surface area contributed by atoms with Crippen LogP contribution in [0.1, 0.15) is 62.4 Å². The summed E-state index contributed by atoms with van der Waals surface area (Å²) in [4.78, 5) is 25.9. The molecule has 1 amide bonds. The first-order valence-corrected chi connectivity index (χ1v) is 10.7. The Hall–Kier alpha value is -3.02. The average molecular weight is 426 g/mol. The van der Waals surface area contributed by atoms with Gasteiger partial charge in [-0.1, -0.05) is 30.3 Å². The third-order valence-corrected chi connectivity index (χ3v) is 5.31. The van der Waals surface area contributed by atoms with Crippen LogP contribution in [0.2, 0.25) is 0 Å². The van der Waals surface area contributed by atoms with Crippen molar-refractivity contribution in [2.75, 3.05) is 0 Å². The fourth-order valence-electron chi connectivity index (χ4n) is 3.78. The van der Waals surface area contributed by atoms with Gasteiger partial charge in [0.25, 0.3) is 0 Å². The van der Waals surface area contributed by atoms with Crippen molar-refractivity contribution in [2.45, 2.75) is 70.7 Å². The molecule has 0 heterocycles. The van der Waals surface area contributed by atoms with E-state index in [1.54, 1.807) is 29.2 Å². The number of aromatic carboxylic acids is 1. The van der Waals surface area contributed by atoms with E-state index in [-0.39, 0.29) is 23.8 Å². The van der Waals surface area contributed by atoms with E-state index in [4.69, 9.17) is 14.6 Å². The largest absolute Gasteiger partial charge is 0.490 e. The Morgan fingerprint density at radius 2 is 1.58 bits per heavy atom. The maximum absolute atomic E-state index is 13.0. The number of carboxylic acids is 1. The molecule has 0 radical (unpaired) electrons. The monoisotopic (exact) mass is 425 g/mol. The zero-order chi connectivity index (χ0) is 22.4. The van der Waals surface area contributed by atoms with Crippen molar-refractivity contribution in [3.63, 3.8) is 0 Å². The molecule has 0 aromatic heterocycles. The molecule has 2 aromatic rings. The lowest BCUT2D eigenvalue weighted by Crippen LogP contribution is -2.45. The molecule has 166 valence electrons. The number of nitrogens with zero attached hydrogens (tertiary/aromatic N) is 1. The number of para-hydroxylation sites is 1. The van der Waals surface area contributed by atoms with Gasteiger partial charge in [-0.15, -0.1) is 0 Å². The third-order valence-electron chi connectivity index (χ3n) is 5.31. The Labute approximate surface area is 183 Å². The van der Waals surface area contributed by atoms with Gasteiger partial charge in [-0.25, -0.2) is 9.59 Å². The predicted molar refractivity (Wildman–Crippen MR) is 118 cm³/mol. The van der Waals surface area contributed by atoms with Crippen molar-refractivity contribution < 1.29 is 24.2 Å². The van der Waals surface area contributed by atoms with E-state index in [1.807, 2.05) is 51.1 Å². The molecule has 3 rings (SSSR count). The fraction of sp³-hybridized carbons (Fsp3) is 0.440. The molecule has 0 saturated heterocycles. The first-order chi connectivity index (χ1) is 14.7. The van der Waals surface area contributed by atoms with Crippen LogP contribution in [0.5, 0.6) is 5.75 Å². The zero-order valence-corrected chi connectivity index (χ0v) is 18.4. The van der Waals surface area contributed by atoms with Gasteiger partial charge in [-0.05, 0) is 76.3 Å². The summed E-state index contributed by atoms with van der Waals surface area (Å²) in [5, 5.41) is 9.11. The Bertz CT molecular complexity index is 865. The summed E-state index contributed by atoms with van der Waals surface area (Å²) in [6, 6.07) is 16.5. The molecule has 0 bridgehead atoms. The van der Waals surface area contributed by atoms with Gasteiger partial charge >= 0.3 is 12.1 Å². The van der Waals surface area contributed by atoms with Crippen LogP contribution in [-0.2, 0) is 11.3 Å². The zero-order valence-electron chi connectivity index (χ0n) is 18.4. The van der Waals surface area contributed by atoms with Crippen LogP contribution < -0.4 is 4.74 Å². The number of amides is 1. The van der Waals surface area contributed by atoms with Crippen LogP contribution in [-0.4, -0.2) is 39.8 Å². The van der Waals surface area contributed by atoms with Crippen molar-refractivity contribution in [3.8, 4) is 5.75 Å². The van der Waals surface area contributed by atoms with E-state index in [0.29, 0.717) is 6.54 Å². The number of benzene rings is 2. The summed E-state index contributed by atoms with van der Waals surface area (Å²) >= 11 is 0. The lowest BCUT2D eigenvalue weighted by atomic mass is 9.91. The normalized spacial score (nSPS) is 18.8. The summed E-state index contributed by atoms with van der Waals surface area (Å²) in [6.07, 6.45) is 3.15. The quantitative estimate of drug-likeness (QED) is 0.660. The minimum atomic E-state index is -0.965. The second-order valence-corrected chi connectivity index (χ2v) is 8.97. The molecule has 0 spiro atoms. The first kappa shape index (κ1) is 22.7. The summed E-state index contributed by atoms with van der Waals surface area (Å²) in [5.41, 5.74) is 0.514. The molecule has 0 unspecified atom stereocenters. The molecule has 31 heavy (non-hydrogen) atoms. The Morgan fingerprint density at radius 3 is 2.13 bits per heavy atom. The summed E-state index contributed by atoms with van der Waals surface area (Å²) in [7, 11) is 0. The molecular formula is C25H31NO5. The van der Waals surface area contributed by atoms with E-state index in [2.05, 4.69) is 0 Å². The molecule has 1 fully saturated rings. The van der Waals surface area contributed by atoms with Crippen molar-refractivity contribution >= 4 is 12.1 Å². The van der Waals surface area contributed by atoms with Crippen molar-refractivity contribution in [1.29, 1.82) is 0 Å². The van der Waals surface area contributed by atoms with Gasteiger partial charge < -0.3 is 19.5 Å². The number of hydrogen-bond donors (Lipinski definition) is 1. The highest BCUT2D eigenvalue weighted by molar-refractivity contribution is 5.87. The molecule has 1 aliphatic rings. The number of carboxylic acid groups (broad SMARTS) is 1. The average Bonchev–Trinajstić information content (AvgIpc) is 2.72. The van der Waals surface area contributed by atoms with Crippen LogP contribution in [0.4, 0.5) is 4.79 Å². The number of rotatable bonds is 6. The maximum atomic E-state index is 13.0. The second-order valence-electron chi connectivity index (χ2n) is 8.97. The molecule has 1 N–H and O–H groups in total. The Kier molecular flexibility index (Phi) is 7.21. The lowest BCUT2D eigenvalue weighted by molar-refractivity contribution is 0.00440.